The number of para-hydroxylation sites is 1. The number of phenols is 1. The second kappa shape index (κ2) is 12.2. The van der Waals surface area contributed by atoms with Gasteiger partial charge in [-0.25, -0.2) is 0 Å². The first kappa shape index (κ1) is 29.5. The highest BCUT2D eigenvalue weighted by atomic mass is 35.5. The Morgan fingerprint density at radius 3 is 2.64 bits per heavy atom. The Hall–Kier alpha value is -4.52. The Bertz CT molecular complexity index is 1920. The predicted molar refractivity (Wildman–Crippen MR) is 167 cm³/mol. The molecule has 6 rings (SSSR count). The molecule has 0 saturated carbocycles. The van der Waals surface area contributed by atoms with E-state index in [1.54, 1.807) is 43.3 Å². The topological polar surface area (TPSA) is 135 Å². The van der Waals surface area contributed by atoms with Crippen LogP contribution in [0, 0.1) is 0 Å². The number of hydrogen-bond acceptors (Lipinski definition) is 11. The van der Waals surface area contributed by atoms with Crippen molar-refractivity contribution in [2.45, 2.75) is 23.1 Å². The number of ether oxygens (including phenoxy) is 2. The van der Waals surface area contributed by atoms with E-state index >= 15 is 0 Å². The number of Topliss-reactive ketones (excluding diaryl/α,β-unsaturated/α-hetero) is 1. The van der Waals surface area contributed by atoms with Crippen LogP contribution in [0.4, 0.5) is 5.13 Å². The third kappa shape index (κ3) is 5.47. The number of aliphatic hydroxyl groups is 1. The number of aliphatic hydroxyl groups excluding tert-OH is 1. The summed E-state index contributed by atoms with van der Waals surface area (Å²) < 4.78 is 17.4. The van der Waals surface area contributed by atoms with Crippen molar-refractivity contribution in [1.82, 2.24) is 10.2 Å². The van der Waals surface area contributed by atoms with Crippen LogP contribution in [0.3, 0.4) is 0 Å². The Kier molecular flexibility index (Phi) is 8.21. The third-order valence-electron chi connectivity index (χ3n) is 6.88. The number of carbonyl (C=O) groups is 2. The van der Waals surface area contributed by atoms with Crippen LogP contribution in [-0.4, -0.2) is 45.8 Å². The molecular weight excluding hydrogens is 626 g/mol. The molecular formula is C31H24ClN3O7S2. The van der Waals surface area contributed by atoms with Gasteiger partial charge in [-0.1, -0.05) is 65.0 Å². The predicted octanol–water partition coefficient (Wildman–Crippen LogP) is 7.13. The lowest BCUT2D eigenvalue weighted by molar-refractivity contribution is -0.117. The molecule has 0 bridgehead atoms. The van der Waals surface area contributed by atoms with Gasteiger partial charge in [0.15, 0.2) is 38.7 Å². The third-order valence-corrected chi connectivity index (χ3v) is 9.26. The highest BCUT2D eigenvalue weighted by Crippen LogP contribution is 2.46. The van der Waals surface area contributed by atoms with Crippen molar-refractivity contribution in [1.29, 1.82) is 0 Å². The number of thioether (sulfide) groups is 1. The Morgan fingerprint density at radius 1 is 1.09 bits per heavy atom. The minimum atomic E-state index is -1.13. The molecule has 2 aromatic heterocycles. The van der Waals surface area contributed by atoms with Crippen LogP contribution in [0.5, 0.6) is 17.2 Å². The quantitative estimate of drug-likeness (QED) is 0.0914. The minimum Gasteiger partial charge on any atom is -0.504 e. The molecule has 0 fully saturated rings. The lowest BCUT2D eigenvalue weighted by Crippen LogP contribution is -2.31. The van der Waals surface area contributed by atoms with E-state index in [0.717, 1.165) is 16.9 Å². The first-order valence-electron chi connectivity index (χ1n) is 13.3. The molecule has 5 aromatic rings. The molecule has 3 heterocycles. The molecule has 1 atom stereocenters. The summed E-state index contributed by atoms with van der Waals surface area (Å²) in [6.45, 7) is 2.03. The molecule has 10 nitrogen and oxygen atoms in total. The van der Waals surface area contributed by atoms with Crippen molar-refractivity contribution in [2.75, 3.05) is 18.6 Å². The van der Waals surface area contributed by atoms with Crippen molar-refractivity contribution in [3.63, 3.8) is 0 Å². The van der Waals surface area contributed by atoms with E-state index in [1.807, 2.05) is 12.1 Å². The van der Waals surface area contributed by atoms with Crippen LogP contribution in [0.15, 0.2) is 86.8 Å². The van der Waals surface area contributed by atoms with E-state index in [9.17, 15) is 19.8 Å². The summed E-state index contributed by atoms with van der Waals surface area (Å²) in [5.74, 6) is -1.32. The summed E-state index contributed by atoms with van der Waals surface area (Å²) in [6, 6.07) is 17.5. The number of nitrogens with zero attached hydrogens (tertiary/aromatic N) is 3. The highest BCUT2D eigenvalue weighted by Gasteiger charge is 2.47. The van der Waals surface area contributed by atoms with Crippen molar-refractivity contribution in [2.24, 2.45) is 0 Å². The summed E-state index contributed by atoms with van der Waals surface area (Å²) in [6.07, 6.45) is 0. The zero-order chi connectivity index (χ0) is 31.0. The molecule has 0 aliphatic carbocycles. The fraction of sp³-hybridized carbons (Fsp3) is 0.161. The number of methoxy groups -OCH3 is 1. The first-order chi connectivity index (χ1) is 21.3. The number of anilines is 1. The lowest BCUT2D eigenvalue weighted by Gasteiger charge is -2.24. The average molecular weight is 650 g/mol. The van der Waals surface area contributed by atoms with Gasteiger partial charge in [0, 0.05) is 16.2 Å². The summed E-state index contributed by atoms with van der Waals surface area (Å²) in [5, 5.41) is 31.5. The van der Waals surface area contributed by atoms with Crippen molar-refractivity contribution < 1.29 is 33.7 Å². The van der Waals surface area contributed by atoms with Gasteiger partial charge in [-0.15, -0.1) is 10.2 Å². The van der Waals surface area contributed by atoms with Crippen molar-refractivity contribution >= 4 is 62.5 Å². The number of aromatic nitrogens is 2. The van der Waals surface area contributed by atoms with Gasteiger partial charge in [0.2, 0.25) is 10.9 Å². The number of rotatable bonds is 10. The van der Waals surface area contributed by atoms with Crippen LogP contribution in [0.2, 0.25) is 5.02 Å². The molecule has 1 aliphatic rings. The maximum Gasteiger partial charge on any atom is 0.296 e. The van der Waals surface area contributed by atoms with E-state index in [1.165, 1.54) is 42.0 Å². The van der Waals surface area contributed by atoms with E-state index < -0.39 is 23.5 Å². The second-order valence-electron chi connectivity index (χ2n) is 9.58. The van der Waals surface area contributed by atoms with Crippen LogP contribution < -0.4 is 14.4 Å². The SMILES string of the molecule is CCOc1cc(C2C(C(=O)c3cc4cccc(OC)c4o3)=C(O)C(=O)N2c2nnc(SCc3ccc(Cl)cc3)s2)ccc1O. The van der Waals surface area contributed by atoms with Crippen molar-refractivity contribution in [3.8, 4) is 17.2 Å². The van der Waals surface area contributed by atoms with Gasteiger partial charge in [-0.3, -0.25) is 14.5 Å². The zero-order valence-electron chi connectivity index (χ0n) is 23.3. The van der Waals surface area contributed by atoms with Crippen LogP contribution in [0.1, 0.15) is 34.6 Å². The molecule has 0 radical (unpaired) electrons. The summed E-state index contributed by atoms with van der Waals surface area (Å²) in [7, 11) is 1.49. The fourth-order valence-corrected chi connectivity index (χ4v) is 6.80. The standard InChI is InChI=1S/C31H24ClN3O7S2/c1-3-41-22-13-17(9-12-20(22)36)25-24(26(37)23-14-18-5-4-6-21(40-2)28(18)42-23)27(38)29(39)35(25)30-33-34-31(44-30)43-15-16-7-10-19(32)11-8-16/h4-14,25,36,38H,3,15H2,1-2H3. The van der Waals surface area contributed by atoms with E-state index in [2.05, 4.69) is 10.2 Å². The Morgan fingerprint density at radius 2 is 1.89 bits per heavy atom. The molecule has 1 aliphatic heterocycles. The molecule has 3 aromatic carbocycles. The molecule has 0 saturated heterocycles. The number of amides is 1. The maximum atomic E-state index is 14.0. The van der Waals surface area contributed by atoms with Gasteiger partial charge in [0.1, 0.15) is 0 Å². The van der Waals surface area contributed by atoms with E-state index in [-0.39, 0.29) is 34.6 Å². The van der Waals surface area contributed by atoms with Gasteiger partial charge in [0.05, 0.1) is 25.3 Å². The monoisotopic (exact) mass is 649 g/mol. The Balaban J connectivity index is 1.40. The number of phenolic OH excluding ortho intramolecular Hbond substituents is 1. The largest absolute Gasteiger partial charge is 0.504 e. The number of ketones is 1. The molecule has 224 valence electrons. The summed E-state index contributed by atoms with van der Waals surface area (Å²) >= 11 is 8.55. The number of carbonyl (C=O) groups excluding carboxylic acids is 2. The second-order valence-corrected chi connectivity index (χ2v) is 12.2. The smallest absolute Gasteiger partial charge is 0.296 e. The number of furan rings is 1. The summed E-state index contributed by atoms with van der Waals surface area (Å²) in [5.41, 5.74) is 1.55. The lowest BCUT2D eigenvalue weighted by atomic mass is 9.95. The molecule has 1 amide bonds. The normalized spacial score (nSPS) is 14.9. The molecule has 1 unspecified atom stereocenters. The van der Waals surface area contributed by atoms with Crippen molar-refractivity contribution in [3.05, 3.63) is 100.0 Å². The zero-order valence-corrected chi connectivity index (χ0v) is 25.7. The number of hydrogen-bond donors (Lipinski definition) is 2. The van der Waals surface area contributed by atoms with Crippen LogP contribution in [-0.2, 0) is 10.5 Å². The molecule has 44 heavy (non-hydrogen) atoms. The maximum absolute atomic E-state index is 14.0. The number of benzene rings is 3. The first-order valence-corrected chi connectivity index (χ1v) is 15.5. The number of aromatic hydroxyl groups is 1. The van der Waals surface area contributed by atoms with Gasteiger partial charge in [-0.2, -0.15) is 0 Å². The molecule has 2 N–H and O–H groups in total. The van der Waals surface area contributed by atoms with Crippen LogP contribution in [0.25, 0.3) is 11.0 Å². The highest BCUT2D eigenvalue weighted by molar-refractivity contribution is 8.00. The molecule has 0 spiro atoms. The Labute approximate surface area is 264 Å². The van der Waals surface area contributed by atoms with E-state index in [0.29, 0.717) is 37.4 Å². The summed E-state index contributed by atoms with van der Waals surface area (Å²) in [4.78, 5) is 28.9. The minimum absolute atomic E-state index is 0.0917. The van der Waals surface area contributed by atoms with Gasteiger partial charge in [0.25, 0.3) is 5.91 Å². The van der Waals surface area contributed by atoms with Gasteiger partial charge in [-0.05, 0) is 54.4 Å². The van der Waals surface area contributed by atoms with Crippen LogP contribution >= 0.6 is 34.7 Å². The number of fused-ring (bicyclic) bond motifs is 1. The molecule has 13 heteroatoms. The average Bonchev–Trinajstić information content (AvgIpc) is 3.74. The van der Waals surface area contributed by atoms with Gasteiger partial charge < -0.3 is 24.1 Å². The van der Waals surface area contributed by atoms with Gasteiger partial charge >= 0.3 is 0 Å². The van der Waals surface area contributed by atoms with E-state index in [4.69, 9.17) is 25.5 Å². The fourth-order valence-electron chi connectivity index (χ4n) is 4.85. The number of halogens is 1.